The molecule has 3 N–H and O–H groups in total. The zero-order chi connectivity index (χ0) is 7.56. The molecule has 0 aromatic rings. The maximum Gasteiger partial charge on any atom is 0.405 e. The third kappa shape index (κ3) is 1.37. The molecule has 1 aliphatic rings. The number of carbonyl (C=O) groups excluding carboxylic acids is 1. The summed E-state index contributed by atoms with van der Waals surface area (Å²) in [5.41, 5.74) is 0. The van der Waals surface area contributed by atoms with Crippen molar-refractivity contribution in [3.05, 3.63) is 0 Å². The van der Waals surface area contributed by atoms with Crippen LogP contribution in [0.5, 0.6) is 0 Å². The first-order valence-electron chi connectivity index (χ1n) is 2.97. The van der Waals surface area contributed by atoms with Crippen molar-refractivity contribution in [2.24, 2.45) is 0 Å². The van der Waals surface area contributed by atoms with E-state index in [0.717, 1.165) is 0 Å². The third-order valence-electron chi connectivity index (χ3n) is 1.35. The highest BCUT2D eigenvalue weighted by molar-refractivity contribution is 5.86. The number of hydrogen-bond donors (Lipinski definition) is 3. The molecule has 0 spiro atoms. The van der Waals surface area contributed by atoms with Gasteiger partial charge in [-0.2, -0.15) is 0 Å². The largest absolute Gasteiger partial charge is 0.465 e. The van der Waals surface area contributed by atoms with Gasteiger partial charge < -0.3 is 15.7 Å². The van der Waals surface area contributed by atoms with Gasteiger partial charge in [0, 0.05) is 6.54 Å². The molecule has 1 fully saturated rings. The average molecular weight is 144 g/mol. The summed E-state index contributed by atoms with van der Waals surface area (Å²) in [6, 6.07) is -0.544. The van der Waals surface area contributed by atoms with E-state index in [1.54, 1.807) is 0 Å². The summed E-state index contributed by atoms with van der Waals surface area (Å²) in [6.45, 7) is 0.559. The summed E-state index contributed by atoms with van der Waals surface area (Å²) in [7, 11) is 0. The van der Waals surface area contributed by atoms with E-state index < -0.39 is 12.1 Å². The Balaban J connectivity index is 2.40. The number of rotatable bonds is 1. The zero-order valence-electron chi connectivity index (χ0n) is 5.26. The van der Waals surface area contributed by atoms with Crippen molar-refractivity contribution in [1.82, 2.24) is 10.6 Å². The zero-order valence-corrected chi connectivity index (χ0v) is 5.26. The van der Waals surface area contributed by atoms with Crippen molar-refractivity contribution in [2.75, 3.05) is 6.54 Å². The molecule has 1 aliphatic heterocycles. The van der Waals surface area contributed by atoms with Gasteiger partial charge in [0.25, 0.3) is 0 Å². The van der Waals surface area contributed by atoms with Crippen LogP contribution in [0.15, 0.2) is 0 Å². The van der Waals surface area contributed by atoms with Gasteiger partial charge in [0.2, 0.25) is 5.91 Å². The summed E-state index contributed by atoms with van der Waals surface area (Å²) in [5.74, 6) is -0.234. The first-order valence-corrected chi connectivity index (χ1v) is 2.97. The van der Waals surface area contributed by atoms with E-state index in [1.807, 2.05) is 0 Å². The Morgan fingerprint density at radius 2 is 2.50 bits per heavy atom. The number of nitrogens with one attached hydrogen (secondary N) is 2. The van der Waals surface area contributed by atoms with Crippen LogP contribution < -0.4 is 10.6 Å². The summed E-state index contributed by atoms with van der Waals surface area (Å²) < 4.78 is 0. The lowest BCUT2D eigenvalue weighted by atomic mass is 10.2. The maximum absolute atomic E-state index is 10.7. The molecule has 0 bridgehead atoms. The Morgan fingerprint density at radius 1 is 1.80 bits per heavy atom. The van der Waals surface area contributed by atoms with Crippen LogP contribution in [0.3, 0.4) is 0 Å². The fraction of sp³-hybridized carbons (Fsp3) is 0.600. The quantitative estimate of drug-likeness (QED) is 0.448. The van der Waals surface area contributed by atoms with E-state index in [2.05, 4.69) is 10.6 Å². The molecule has 1 rings (SSSR count). The summed E-state index contributed by atoms with van der Waals surface area (Å²) in [5, 5.41) is 12.8. The molecule has 0 aromatic heterocycles. The van der Waals surface area contributed by atoms with E-state index in [-0.39, 0.29) is 5.91 Å². The second kappa shape index (κ2) is 2.55. The highest BCUT2D eigenvalue weighted by atomic mass is 16.4. The van der Waals surface area contributed by atoms with Crippen molar-refractivity contribution in [1.29, 1.82) is 0 Å². The van der Waals surface area contributed by atoms with Crippen LogP contribution in [-0.4, -0.2) is 29.7 Å². The number of hydrogen-bond acceptors (Lipinski definition) is 2. The fourth-order valence-electron chi connectivity index (χ4n) is 0.881. The van der Waals surface area contributed by atoms with Gasteiger partial charge in [-0.15, -0.1) is 0 Å². The molecule has 0 aliphatic carbocycles. The van der Waals surface area contributed by atoms with Crippen LogP contribution in [0.4, 0.5) is 4.79 Å². The molecule has 2 amide bonds. The van der Waals surface area contributed by atoms with Gasteiger partial charge in [-0.05, 0) is 6.42 Å². The Hall–Kier alpha value is -1.26. The molecule has 0 aromatic carbocycles. The van der Waals surface area contributed by atoms with Crippen LogP contribution in [-0.2, 0) is 4.79 Å². The predicted molar refractivity (Wildman–Crippen MR) is 32.6 cm³/mol. The maximum atomic E-state index is 10.7. The Kier molecular flexibility index (Phi) is 1.75. The second-order valence-corrected chi connectivity index (χ2v) is 2.08. The van der Waals surface area contributed by atoms with Gasteiger partial charge in [0.15, 0.2) is 0 Å². The fourth-order valence-corrected chi connectivity index (χ4v) is 0.881. The standard InChI is InChI=1S/C5H8N2O3/c8-4-3(1-2-6-4)7-5(9)10/h3,7H,1-2H2,(H,6,8)(H,9,10). The molecule has 10 heavy (non-hydrogen) atoms. The molecule has 1 unspecified atom stereocenters. The molecular formula is C5H8N2O3. The van der Waals surface area contributed by atoms with Crippen molar-refractivity contribution in [3.8, 4) is 0 Å². The summed E-state index contributed by atoms with van der Waals surface area (Å²) in [4.78, 5) is 20.7. The normalized spacial score (nSPS) is 24.0. The minimum Gasteiger partial charge on any atom is -0.465 e. The molecule has 1 heterocycles. The first-order chi connectivity index (χ1) is 4.70. The van der Waals surface area contributed by atoms with Gasteiger partial charge in [-0.3, -0.25) is 4.79 Å². The van der Waals surface area contributed by atoms with Gasteiger partial charge in [0.05, 0.1) is 0 Å². The highest BCUT2D eigenvalue weighted by Gasteiger charge is 2.24. The van der Waals surface area contributed by atoms with E-state index >= 15 is 0 Å². The van der Waals surface area contributed by atoms with Gasteiger partial charge in [0.1, 0.15) is 6.04 Å². The highest BCUT2D eigenvalue weighted by Crippen LogP contribution is 1.97. The smallest absolute Gasteiger partial charge is 0.405 e. The number of carboxylic acid groups (broad SMARTS) is 1. The lowest BCUT2D eigenvalue weighted by molar-refractivity contribution is -0.120. The van der Waals surface area contributed by atoms with Gasteiger partial charge in [-0.1, -0.05) is 0 Å². The van der Waals surface area contributed by atoms with E-state index in [4.69, 9.17) is 5.11 Å². The van der Waals surface area contributed by atoms with Crippen LogP contribution in [0, 0.1) is 0 Å². The van der Waals surface area contributed by atoms with Crippen LogP contribution in [0.25, 0.3) is 0 Å². The first kappa shape index (κ1) is 6.85. The molecule has 0 saturated carbocycles. The molecule has 0 radical (unpaired) electrons. The van der Waals surface area contributed by atoms with Crippen LogP contribution >= 0.6 is 0 Å². The second-order valence-electron chi connectivity index (χ2n) is 2.08. The predicted octanol–water partition coefficient (Wildman–Crippen LogP) is -0.858. The summed E-state index contributed by atoms with van der Waals surface area (Å²) >= 11 is 0. The molecule has 1 saturated heterocycles. The third-order valence-corrected chi connectivity index (χ3v) is 1.35. The van der Waals surface area contributed by atoms with Crippen LogP contribution in [0.2, 0.25) is 0 Å². The minimum atomic E-state index is -1.15. The van der Waals surface area contributed by atoms with Crippen LogP contribution in [0.1, 0.15) is 6.42 Å². The monoisotopic (exact) mass is 144 g/mol. The Bertz CT molecular complexity index is 168. The van der Waals surface area contributed by atoms with Gasteiger partial charge >= 0.3 is 6.09 Å². The Morgan fingerprint density at radius 3 is 2.90 bits per heavy atom. The molecule has 56 valence electrons. The molecule has 5 nitrogen and oxygen atoms in total. The lowest BCUT2D eigenvalue weighted by Crippen LogP contribution is -2.39. The van der Waals surface area contributed by atoms with Crippen molar-refractivity contribution >= 4 is 12.0 Å². The number of carbonyl (C=O) groups is 2. The van der Waals surface area contributed by atoms with Gasteiger partial charge in [-0.25, -0.2) is 4.79 Å². The molecule has 5 heteroatoms. The average Bonchev–Trinajstić information content (AvgIpc) is 2.15. The summed E-state index contributed by atoms with van der Waals surface area (Å²) in [6.07, 6.45) is -0.604. The topological polar surface area (TPSA) is 78.4 Å². The van der Waals surface area contributed by atoms with Crippen molar-refractivity contribution < 1.29 is 14.7 Å². The number of amides is 2. The minimum absolute atomic E-state index is 0.234. The van der Waals surface area contributed by atoms with Crippen molar-refractivity contribution in [2.45, 2.75) is 12.5 Å². The Labute approximate surface area is 57.4 Å². The lowest BCUT2D eigenvalue weighted by Gasteiger charge is -2.03. The van der Waals surface area contributed by atoms with Crippen molar-refractivity contribution in [3.63, 3.8) is 0 Å². The SMILES string of the molecule is O=C(O)NC1CCNC1=O. The molecular weight excluding hydrogens is 136 g/mol. The molecule has 1 atom stereocenters. The van der Waals surface area contributed by atoms with E-state index in [0.29, 0.717) is 13.0 Å². The van der Waals surface area contributed by atoms with E-state index in [9.17, 15) is 9.59 Å². The van der Waals surface area contributed by atoms with E-state index in [1.165, 1.54) is 0 Å².